The zero-order valence-electron chi connectivity index (χ0n) is 10.6. The molecule has 17 heavy (non-hydrogen) atoms. The molecule has 1 aromatic rings. The van der Waals surface area contributed by atoms with Crippen molar-refractivity contribution in [2.45, 2.75) is 51.0 Å². The Hall–Kier alpha value is -0.940. The van der Waals surface area contributed by atoms with Crippen molar-refractivity contribution in [2.75, 3.05) is 13.2 Å². The summed E-state index contributed by atoms with van der Waals surface area (Å²) in [5, 5.41) is 4.04. The van der Waals surface area contributed by atoms with Gasteiger partial charge in [0, 0.05) is 13.2 Å². The van der Waals surface area contributed by atoms with Crippen molar-refractivity contribution < 1.29 is 9.26 Å². The Bertz CT molecular complexity index is 355. The second kappa shape index (κ2) is 5.14. The van der Waals surface area contributed by atoms with Gasteiger partial charge >= 0.3 is 0 Å². The molecule has 1 heterocycles. The number of rotatable bonds is 6. The average molecular weight is 239 g/mol. The predicted octanol–water partition coefficient (Wildman–Crippen LogP) is 1.94. The maximum absolute atomic E-state index is 5.82. The Morgan fingerprint density at radius 1 is 1.47 bits per heavy atom. The molecule has 0 amide bonds. The first-order valence-electron chi connectivity index (χ1n) is 6.41. The Labute approximate surface area is 102 Å². The third-order valence-electron chi connectivity index (χ3n) is 3.62. The van der Waals surface area contributed by atoms with Gasteiger partial charge in [-0.3, -0.25) is 0 Å². The molecule has 1 aliphatic rings. The minimum Gasteiger partial charge on any atom is -0.370 e. The van der Waals surface area contributed by atoms with E-state index in [0.717, 1.165) is 19.3 Å². The molecule has 0 bridgehead atoms. The van der Waals surface area contributed by atoms with Crippen molar-refractivity contribution >= 4 is 0 Å². The number of hydrogen-bond acceptors (Lipinski definition) is 5. The summed E-state index contributed by atoms with van der Waals surface area (Å²) in [6.07, 6.45) is 4.08. The topological polar surface area (TPSA) is 74.2 Å². The lowest BCUT2D eigenvalue weighted by Crippen LogP contribution is -2.41. The molecular formula is C12H21N3O2. The van der Waals surface area contributed by atoms with Crippen LogP contribution in [0.5, 0.6) is 0 Å². The number of nitrogens with two attached hydrogens (primary N) is 1. The molecule has 5 heteroatoms. The minimum atomic E-state index is -0.0626. The Morgan fingerprint density at radius 3 is 2.71 bits per heavy atom. The molecule has 0 aromatic carbocycles. The Balaban J connectivity index is 2.14. The monoisotopic (exact) mass is 239 g/mol. The van der Waals surface area contributed by atoms with Crippen LogP contribution in [-0.2, 0) is 10.2 Å². The molecule has 0 radical (unpaired) electrons. The van der Waals surface area contributed by atoms with Crippen LogP contribution in [-0.4, -0.2) is 23.3 Å². The normalized spacial score (nSPS) is 19.9. The predicted molar refractivity (Wildman–Crippen MR) is 63.5 cm³/mol. The van der Waals surface area contributed by atoms with E-state index in [1.54, 1.807) is 0 Å². The number of nitrogens with zero attached hydrogens (tertiary/aromatic N) is 2. The van der Waals surface area contributed by atoms with Crippen LogP contribution in [0.1, 0.15) is 57.3 Å². The summed E-state index contributed by atoms with van der Waals surface area (Å²) >= 11 is 0. The minimum absolute atomic E-state index is 0.0598. The summed E-state index contributed by atoms with van der Waals surface area (Å²) in [5.41, 5.74) is 5.76. The maximum Gasteiger partial charge on any atom is 0.234 e. The van der Waals surface area contributed by atoms with Crippen LogP contribution in [0.2, 0.25) is 0 Å². The molecule has 1 aromatic heterocycles. The SMILES string of the molecule is CCOC(CC)c1noc(C2(CN)CCC2)n1. The fourth-order valence-electron chi connectivity index (χ4n) is 2.27. The van der Waals surface area contributed by atoms with E-state index in [4.69, 9.17) is 15.0 Å². The summed E-state index contributed by atoms with van der Waals surface area (Å²) in [4.78, 5) is 4.48. The van der Waals surface area contributed by atoms with Crippen LogP contribution in [0.25, 0.3) is 0 Å². The van der Waals surface area contributed by atoms with Crippen molar-refractivity contribution in [1.82, 2.24) is 10.1 Å². The van der Waals surface area contributed by atoms with Gasteiger partial charge in [-0.25, -0.2) is 0 Å². The fraction of sp³-hybridized carbons (Fsp3) is 0.833. The first-order valence-corrected chi connectivity index (χ1v) is 6.41. The van der Waals surface area contributed by atoms with E-state index >= 15 is 0 Å². The van der Waals surface area contributed by atoms with E-state index in [9.17, 15) is 0 Å². The largest absolute Gasteiger partial charge is 0.370 e. The lowest BCUT2D eigenvalue weighted by atomic mass is 9.69. The van der Waals surface area contributed by atoms with Crippen LogP contribution < -0.4 is 5.73 Å². The van der Waals surface area contributed by atoms with E-state index in [1.165, 1.54) is 6.42 Å². The van der Waals surface area contributed by atoms with Crippen molar-refractivity contribution in [3.8, 4) is 0 Å². The molecule has 0 aliphatic heterocycles. The lowest BCUT2D eigenvalue weighted by Gasteiger charge is -2.36. The van der Waals surface area contributed by atoms with Crippen molar-refractivity contribution in [3.05, 3.63) is 11.7 Å². The summed E-state index contributed by atoms with van der Waals surface area (Å²) in [7, 11) is 0. The third-order valence-corrected chi connectivity index (χ3v) is 3.62. The summed E-state index contributed by atoms with van der Waals surface area (Å²) < 4.78 is 10.9. The fourth-order valence-corrected chi connectivity index (χ4v) is 2.27. The molecule has 2 rings (SSSR count). The Kier molecular flexibility index (Phi) is 3.79. The van der Waals surface area contributed by atoms with E-state index in [1.807, 2.05) is 6.92 Å². The van der Waals surface area contributed by atoms with Gasteiger partial charge in [0.15, 0.2) is 0 Å². The van der Waals surface area contributed by atoms with Gasteiger partial charge in [-0.1, -0.05) is 18.5 Å². The van der Waals surface area contributed by atoms with E-state index < -0.39 is 0 Å². The maximum atomic E-state index is 5.82. The second-order valence-electron chi connectivity index (χ2n) is 4.65. The first kappa shape index (κ1) is 12.5. The van der Waals surface area contributed by atoms with E-state index in [0.29, 0.717) is 24.9 Å². The zero-order valence-corrected chi connectivity index (χ0v) is 10.6. The quantitative estimate of drug-likeness (QED) is 0.821. The van der Waals surface area contributed by atoms with E-state index in [2.05, 4.69) is 17.1 Å². The second-order valence-corrected chi connectivity index (χ2v) is 4.65. The molecular weight excluding hydrogens is 218 g/mol. The first-order chi connectivity index (χ1) is 8.25. The van der Waals surface area contributed by atoms with E-state index in [-0.39, 0.29) is 11.5 Å². The molecule has 1 unspecified atom stereocenters. The van der Waals surface area contributed by atoms with Crippen LogP contribution in [0.3, 0.4) is 0 Å². The molecule has 0 spiro atoms. The highest BCUT2D eigenvalue weighted by molar-refractivity contribution is 5.12. The molecule has 1 atom stereocenters. The molecule has 1 saturated carbocycles. The highest BCUT2D eigenvalue weighted by atomic mass is 16.5. The highest BCUT2D eigenvalue weighted by Crippen LogP contribution is 2.42. The number of hydrogen-bond donors (Lipinski definition) is 1. The van der Waals surface area contributed by atoms with Crippen LogP contribution >= 0.6 is 0 Å². The molecule has 96 valence electrons. The molecule has 1 aliphatic carbocycles. The lowest BCUT2D eigenvalue weighted by molar-refractivity contribution is 0.0518. The molecule has 1 fully saturated rings. The number of ether oxygens (including phenoxy) is 1. The molecule has 0 saturated heterocycles. The van der Waals surface area contributed by atoms with Crippen LogP contribution in [0, 0.1) is 0 Å². The number of aromatic nitrogens is 2. The van der Waals surface area contributed by atoms with Gasteiger partial charge in [-0.2, -0.15) is 4.98 Å². The molecule has 5 nitrogen and oxygen atoms in total. The summed E-state index contributed by atoms with van der Waals surface area (Å²) in [6, 6.07) is 0. The van der Waals surface area contributed by atoms with Gasteiger partial charge in [0.2, 0.25) is 11.7 Å². The van der Waals surface area contributed by atoms with Gasteiger partial charge in [0.05, 0.1) is 5.41 Å². The van der Waals surface area contributed by atoms with Gasteiger partial charge in [0.25, 0.3) is 0 Å². The zero-order chi connectivity index (χ0) is 12.3. The van der Waals surface area contributed by atoms with Gasteiger partial charge < -0.3 is 15.0 Å². The van der Waals surface area contributed by atoms with Gasteiger partial charge in [-0.15, -0.1) is 0 Å². The molecule has 2 N–H and O–H groups in total. The van der Waals surface area contributed by atoms with Crippen LogP contribution in [0.15, 0.2) is 4.52 Å². The van der Waals surface area contributed by atoms with Crippen molar-refractivity contribution in [3.63, 3.8) is 0 Å². The Morgan fingerprint density at radius 2 is 2.24 bits per heavy atom. The average Bonchev–Trinajstić information content (AvgIpc) is 2.75. The summed E-state index contributed by atoms with van der Waals surface area (Å²) in [5.74, 6) is 1.35. The third kappa shape index (κ3) is 2.21. The standard InChI is InChI=1S/C12H21N3O2/c1-3-9(16-4-2)10-14-11(17-15-10)12(8-13)6-5-7-12/h9H,3-8,13H2,1-2H3. The van der Waals surface area contributed by atoms with Gasteiger partial charge in [-0.05, 0) is 26.2 Å². The summed E-state index contributed by atoms with van der Waals surface area (Å²) in [6.45, 7) is 5.26. The smallest absolute Gasteiger partial charge is 0.234 e. The highest BCUT2D eigenvalue weighted by Gasteiger charge is 2.42. The van der Waals surface area contributed by atoms with Crippen molar-refractivity contribution in [2.24, 2.45) is 5.73 Å². The van der Waals surface area contributed by atoms with Crippen molar-refractivity contribution in [1.29, 1.82) is 0 Å². The van der Waals surface area contributed by atoms with Crippen LogP contribution in [0.4, 0.5) is 0 Å². The van der Waals surface area contributed by atoms with Gasteiger partial charge in [0.1, 0.15) is 6.10 Å².